The molecule has 1 amide bonds. The third-order valence-electron chi connectivity index (χ3n) is 3.75. The Morgan fingerprint density at radius 1 is 1.30 bits per heavy atom. The van der Waals surface area contributed by atoms with Crippen molar-refractivity contribution in [3.63, 3.8) is 0 Å². The number of ether oxygens (including phenoxy) is 1. The van der Waals surface area contributed by atoms with Crippen LogP contribution < -0.4 is 10.0 Å². The summed E-state index contributed by atoms with van der Waals surface area (Å²) in [7, 11) is -2.26. The summed E-state index contributed by atoms with van der Waals surface area (Å²) >= 11 is 0. The van der Waals surface area contributed by atoms with Crippen LogP contribution in [-0.4, -0.2) is 44.5 Å². The number of anilines is 2. The Labute approximate surface area is 136 Å². The highest BCUT2D eigenvalue weighted by Gasteiger charge is 2.34. The predicted molar refractivity (Wildman–Crippen MR) is 87.8 cm³/mol. The van der Waals surface area contributed by atoms with Gasteiger partial charge < -0.3 is 15.2 Å². The van der Waals surface area contributed by atoms with E-state index in [9.17, 15) is 18.3 Å². The number of benzene rings is 1. The molecular weight excluding hydrogens is 320 g/mol. The molecule has 2 atom stereocenters. The molecule has 8 heteroatoms. The molecule has 0 unspecified atom stereocenters. The summed E-state index contributed by atoms with van der Waals surface area (Å²) < 4.78 is 32.1. The fraction of sp³-hybridized carbons (Fsp3) is 0.533. The van der Waals surface area contributed by atoms with E-state index in [2.05, 4.69) is 10.0 Å². The molecule has 1 fully saturated rings. The third kappa shape index (κ3) is 4.92. The third-order valence-corrected chi connectivity index (χ3v) is 5.62. The van der Waals surface area contributed by atoms with Crippen LogP contribution in [0.5, 0.6) is 0 Å². The van der Waals surface area contributed by atoms with Gasteiger partial charge in [-0.15, -0.1) is 0 Å². The molecule has 0 saturated heterocycles. The summed E-state index contributed by atoms with van der Waals surface area (Å²) in [5.41, 5.74) is 0.814. The van der Waals surface area contributed by atoms with Crippen LogP contribution in [0, 0.1) is 0 Å². The summed E-state index contributed by atoms with van der Waals surface area (Å²) in [5, 5.41) is 11.7. The van der Waals surface area contributed by atoms with E-state index in [1.54, 1.807) is 18.2 Å². The lowest BCUT2D eigenvalue weighted by Gasteiger charge is -2.27. The number of hydrogen-bond donors (Lipinski definition) is 3. The summed E-state index contributed by atoms with van der Waals surface area (Å²) in [5.74, 6) is -0.324. The lowest BCUT2D eigenvalue weighted by Crippen LogP contribution is -2.40. The molecule has 7 nitrogen and oxygen atoms in total. The highest BCUT2D eigenvalue weighted by Crippen LogP contribution is 2.26. The smallest absolute Gasteiger partial charge is 0.250 e. The van der Waals surface area contributed by atoms with Crippen LogP contribution in [-0.2, 0) is 19.6 Å². The van der Waals surface area contributed by atoms with E-state index in [1.807, 2.05) is 0 Å². The first-order chi connectivity index (χ1) is 10.9. The molecular formula is C15H22N2O5S. The monoisotopic (exact) mass is 342 g/mol. The Bertz CT molecular complexity index is 647. The van der Waals surface area contributed by atoms with Gasteiger partial charge in [0.1, 0.15) is 11.9 Å². The Kier molecular flexibility index (Phi) is 5.97. The highest BCUT2D eigenvalue weighted by molar-refractivity contribution is 7.93. The number of hydrogen-bond acceptors (Lipinski definition) is 5. The van der Waals surface area contributed by atoms with Gasteiger partial charge in [-0.05, 0) is 31.0 Å². The van der Waals surface area contributed by atoms with Gasteiger partial charge >= 0.3 is 0 Å². The number of aliphatic hydroxyl groups excluding tert-OH is 1. The first-order valence-corrected chi connectivity index (χ1v) is 9.05. The number of rotatable bonds is 6. The van der Waals surface area contributed by atoms with Gasteiger partial charge in [-0.25, -0.2) is 8.42 Å². The van der Waals surface area contributed by atoms with Crippen molar-refractivity contribution >= 4 is 27.3 Å². The van der Waals surface area contributed by atoms with E-state index in [0.717, 1.165) is 12.8 Å². The van der Waals surface area contributed by atoms with Crippen molar-refractivity contribution in [1.82, 2.24) is 0 Å². The number of carbonyl (C=O) groups is 1. The standard InChI is InChI=1S/C15H22N2O5S/c1-22-10-15(19)16-11-5-4-6-12(9-11)17-23(20,21)14-8-3-2-7-13(14)18/h4-6,9,13-14,17-18H,2-3,7-8,10H2,1H3,(H,16,19)/t13-,14+/m0/s1. The maximum Gasteiger partial charge on any atom is 0.250 e. The summed E-state index contributed by atoms with van der Waals surface area (Å²) in [6.45, 7) is -0.0791. The molecule has 1 aromatic carbocycles. The maximum atomic E-state index is 12.4. The fourth-order valence-electron chi connectivity index (χ4n) is 2.67. The number of sulfonamides is 1. The van der Waals surface area contributed by atoms with Crippen LogP contribution in [0.2, 0.25) is 0 Å². The fourth-order valence-corrected chi connectivity index (χ4v) is 4.30. The minimum Gasteiger partial charge on any atom is -0.392 e. The molecule has 1 aromatic rings. The topological polar surface area (TPSA) is 105 Å². The van der Waals surface area contributed by atoms with Gasteiger partial charge in [-0.1, -0.05) is 18.9 Å². The van der Waals surface area contributed by atoms with Gasteiger partial charge in [0.25, 0.3) is 0 Å². The average Bonchev–Trinajstić information content (AvgIpc) is 2.47. The molecule has 23 heavy (non-hydrogen) atoms. The Balaban J connectivity index is 2.08. The van der Waals surface area contributed by atoms with Gasteiger partial charge in [-0.2, -0.15) is 0 Å². The zero-order valence-electron chi connectivity index (χ0n) is 13.0. The minimum atomic E-state index is -3.68. The van der Waals surface area contributed by atoms with E-state index in [-0.39, 0.29) is 12.5 Å². The van der Waals surface area contributed by atoms with Crippen LogP contribution >= 0.6 is 0 Å². The molecule has 0 heterocycles. The van der Waals surface area contributed by atoms with Gasteiger partial charge in [0.2, 0.25) is 15.9 Å². The molecule has 0 spiro atoms. The summed E-state index contributed by atoms with van der Waals surface area (Å²) in [4.78, 5) is 11.5. The van der Waals surface area contributed by atoms with E-state index < -0.39 is 21.4 Å². The lowest BCUT2D eigenvalue weighted by atomic mass is 9.97. The van der Waals surface area contributed by atoms with Crippen LogP contribution in [0.1, 0.15) is 25.7 Å². The number of aliphatic hydroxyl groups is 1. The minimum absolute atomic E-state index is 0.0791. The normalized spacial score (nSPS) is 21.7. The van der Waals surface area contributed by atoms with Crippen molar-refractivity contribution in [3.05, 3.63) is 24.3 Å². The number of methoxy groups -OCH3 is 1. The zero-order valence-corrected chi connectivity index (χ0v) is 13.8. The molecule has 0 bridgehead atoms. The molecule has 128 valence electrons. The second-order valence-electron chi connectivity index (χ2n) is 5.60. The zero-order chi connectivity index (χ0) is 16.9. The van der Waals surface area contributed by atoms with E-state index in [0.29, 0.717) is 24.2 Å². The lowest BCUT2D eigenvalue weighted by molar-refractivity contribution is -0.119. The van der Waals surface area contributed by atoms with Gasteiger partial charge in [0, 0.05) is 12.8 Å². The van der Waals surface area contributed by atoms with Crippen molar-refractivity contribution in [3.8, 4) is 0 Å². The number of nitrogens with one attached hydrogen (secondary N) is 2. The van der Waals surface area contributed by atoms with Crippen molar-refractivity contribution in [2.24, 2.45) is 0 Å². The van der Waals surface area contributed by atoms with E-state index >= 15 is 0 Å². The summed E-state index contributed by atoms with van der Waals surface area (Å²) in [6.07, 6.45) is 1.73. The van der Waals surface area contributed by atoms with Crippen molar-refractivity contribution < 1.29 is 23.1 Å². The molecule has 0 aliphatic heterocycles. The van der Waals surface area contributed by atoms with E-state index in [1.165, 1.54) is 13.2 Å². The van der Waals surface area contributed by atoms with Crippen LogP contribution in [0.15, 0.2) is 24.3 Å². The van der Waals surface area contributed by atoms with E-state index in [4.69, 9.17) is 4.74 Å². The molecule has 0 radical (unpaired) electrons. The molecule has 1 saturated carbocycles. The average molecular weight is 342 g/mol. The predicted octanol–water partition coefficient (Wildman–Crippen LogP) is 1.32. The Hall–Kier alpha value is -1.64. The first-order valence-electron chi connectivity index (χ1n) is 7.51. The number of carbonyl (C=O) groups excluding carboxylic acids is 1. The molecule has 2 rings (SSSR count). The first kappa shape index (κ1) is 17.7. The maximum absolute atomic E-state index is 12.4. The second kappa shape index (κ2) is 7.76. The molecule has 3 N–H and O–H groups in total. The van der Waals surface area contributed by atoms with Crippen molar-refractivity contribution in [2.45, 2.75) is 37.0 Å². The molecule has 1 aliphatic rings. The SMILES string of the molecule is COCC(=O)Nc1cccc(NS(=O)(=O)[C@@H]2CCCC[C@@H]2O)c1. The van der Waals surface area contributed by atoms with Crippen molar-refractivity contribution in [1.29, 1.82) is 0 Å². The van der Waals surface area contributed by atoms with Crippen LogP contribution in [0.3, 0.4) is 0 Å². The molecule has 1 aliphatic carbocycles. The number of amides is 1. The largest absolute Gasteiger partial charge is 0.392 e. The molecule has 0 aromatic heterocycles. The summed E-state index contributed by atoms with van der Waals surface area (Å²) in [6, 6.07) is 6.41. The van der Waals surface area contributed by atoms with Crippen LogP contribution in [0.4, 0.5) is 11.4 Å². The Morgan fingerprint density at radius 3 is 2.70 bits per heavy atom. The highest BCUT2D eigenvalue weighted by atomic mass is 32.2. The Morgan fingerprint density at radius 2 is 2.00 bits per heavy atom. The van der Waals surface area contributed by atoms with Gasteiger partial charge in [0.05, 0.1) is 11.8 Å². The quantitative estimate of drug-likeness (QED) is 0.723. The van der Waals surface area contributed by atoms with Gasteiger partial charge in [-0.3, -0.25) is 9.52 Å². The van der Waals surface area contributed by atoms with Crippen LogP contribution in [0.25, 0.3) is 0 Å². The second-order valence-corrected chi connectivity index (χ2v) is 7.50. The van der Waals surface area contributed by atoms with Crippen molar-refractivity contribution in [2.75, 3.05) is 23.8 Å². The van der Waals surface area contributed by atoms with Gasteiger partial charge in [0.15, 0.2) is 0 Å².